The van der Waals surface area contributed by atoms with Gasteiger partial charge in [-0.2, -0.15) is 0 Å². The van der Waals surface area contributed by atoms with E-state index in [1.807, 2.05) is 13.8 Å². The van der Waals surface area contributed by atoms with Gasteiger partial charge in [0.05, 0.1) is 24.4 Å². The van der Waals surface area contributed by atoms with Crippen molar-refractivity contribution in [3.63, 3.8) is 0 Å². The molecule has 2 atom stereocenters. The summed E-state index contributed by atoms with van der Waals surface area (Å²) in [5.41, 5.74) is 0.584. The Labute approximate surface area is 178 Å². The van der Waals surface area contributed by atoms with Crippen molar-refractivity contribution in [3.05, 3.63) is 24.0 Å². The third-order valence-corrected chi connectivity index (χ3v) is 5.27. The number of carbonyl (C=O) groups is 3. The first-order valence-electron chi connectivity index (χ1n) is 9.51. The first-order chi connectivity index (χ1) is 14.2. The molecule has 0 spiro atoms. The molecule has 2 rings (SSSR count). The number of methoxy groups -OCH3 is 2. The number of nitrogens with zero attached hydrogens (tertiary/aromatic N) is 1. The summed E-state index contributed by atoms with van der Waals surface area (Å²) in [6, 6.07) is 2.64. The van der Waals surface area contributed by atoms with Gasteiger partial charge in [-0.3, -0.25) is 19.7 Å². The molecule has 0 aliphatic rings. The van der Waals surface area contributed by atoms with Crippen LogP contribution in [0.5, 0.6) is 0 Å². The number of ether oxygens (including phenoxy) is 2. The molecule has 164 valence electrons. The molecule has 0 saturated carbocycles. The van der Waals surface area contributed by atoms with Crippen molar-refractivity contribution in [2.45, 2.75) is 45.2 Å². The molecule has 1 aromatic heterocycles. The second-order valence-corrected chi connectivity index (χ2v) is 8.20. The highest BCUT2D eigenvalue weighted by molar-refractivity contribution is 7.22. The molecule has 1 unspecified atom stereocenters. The fourth-order valence-corrected chi connectivity index (χ4v) is 3.82. The first kappa shape index (κ1) is 23.7. The van der Waals surface area contributed by atoms with Crippen molar-refractivity contribution in [1.29, 1.82) is 0 Å². The van der Waals surface area contributed by atoms with Gasteiger partial charge < -0.3 is 14.8 Å². The van der Waals surface area contributed by atoms with Gasteiger partial charge in [0.25, 0.3) is 0 Å². The summed E-state index contributed by atoms with van der Waals surface area (Å²) in [5.74, 6) is -1.60. The number of amides is 1. The van der Waals surface area contributed by atoms with Crippen LogP contribution in [0.25, 0.3) is 10.2 Å². The number of fused-ring (bicyclic) bond motifs is 1. The van der Waals surface area contributed by atoms with Gasteiger partial charge in [0.2, 0.25) is 5.91 Å². The van der Waals surface area contributed by atoms with E-state index in [1.165, 1.54) is 32.4 Å². The van der Waals surface area contributed by atoms with Gasteiger partial charge in [-0.05, 0) is 37.0 Å². The summed E-state index contributed by atoms with van der Waals surface area (Å²) < 4.78 is 23.5. The average molecular weight is 440 g/mol. The second kappa shape index (κ2) is 11.0. The van der Waals surface area contributed by atoms with Crippen LogP contribution in [0.15, 0.2) is 18.2 Å². The Morgan fingerprint density at radius 1 is 1.13 bits per heavy atom. The van der Waals surface area contributed by atoms with E-state index in [9.17, 15) is 18.8 Å². The van der Waals surface area contributed by atoms with Crippen molar-refractivity contribution in [1.82, 2.24) is 10.3 Å². The van der Waals surface area contributed by atoms with Crippen LogP contribution in [0, 0.1) is 11.7 Å². The van der Waals surface area contributed by atoms with E-state index in [4.69, 9.17) is 9.47 Å². The molecule has 2 N–H and O–H groups in total. The molecule has 0 bridgehead atoms. The summed E-state index contributed by atoms with van der Waals surface area (Å²) in [5, 5.41) is 5.95. The van der Waals surface area contributed by atoms with E-state index in [1.54, 1.807) is 0 Å². The third-order valence-electron chi connectivity index (χ3n) is 4.34. The zero-order chi connectivity index (χ0) is 22.3. The van der Waals surface area contributed by atoms with E-state index in [0.717, 1.165) is 11.3 Å². The van der Waals surface area contributed by atoms with Crippen LogP contribution in [0.1, 0.15) is 33.1 Å². The first-order valence-corrected chi connectivity index (χ1v) is 10.3. The molecule has 0 saturated heterocycles. The van der Waals surface area contributed by atoms with Gasteiger partial charge in [0.15, 0.2) is 5.13 Å². The summed E-state index contributed by atoms with van der Waals surface area (Å²) in [4.78, 5) is 40.8. The normalized spacial score (nSPS) is 13.1. The smallest absolute Gasteiger partial charge is 0.322 e. The molecular formula is C20H26FN3O5S. The predicted molar refractivity (Wildman–Crippen MR) is 112 cm³/mol. The molecule has 0 aliphatic heterocycles. The minimum absolute atomic E-state index is 0.00732. The summed E-state index contributed by atoms with van der Waals surface area (Å²) in [6.45, 7) is 3.89. The van der Waals surface area contributed by atoms with E-state index in [2.05, 4.69) is 15.6 Å². The van der Waals surface area contributed by atoms with Gasteiger partial charge in [-0.1, -0.05) is 25.2 Å². The number of aromatic nitrogens is 1. The Morgan fingerprint density at radius 3 is 2.43 bits per heavy atom. The number of hydrogen-bond donors (Lipinski definition) is 2. The van der Waals surface area contributed by atoms with Crippen LogP contribution in [0.2, 0.25) is 0 Å². The van der Waals surface area contributed by atoms with E-state index in [-0.39, 0.29) is 30.5 Å². The zero-order valence-electron chi connectivity index (χ0n) is 17.4. The minimum atomic E-state index is -0.854. The molecule has 30 heavy (non-hydrogen) atoms. The quantitative estimate of drug-likeness (QED) is 0.548. The lowest BCUT2D eigenvalue weighted by Gasteiger charge is -2.23. The highest BCUT2D eigenvalue weighted by Crippen LogP contribution is 2.26. The van der Waals surface area contributed by atoms with Crippen molar-refractivity contribution in [2.24, 2.45) is 5.92 Å². The Bertz CT molecular complexity index is 902. The number of esters is 2. The maximum Gasteiger partial charge on any atom is 0.322 e. The molecule has 1 aromatic carbocycles. The zero-order valence-corrected chi connectivity index (χ0v) is 18.2. The SMILES string of the molecule is COC(=O)C(CCC(=O)Nc1nc2ccc(F)cc2s1)N[C@@H](CC(C)C)C(=O)OC. The minimum Gasteiger partial charge on any atom is -0.468 e. The summed E-state index contributed by atoms with van der Waals surface area (Å²) in [7, 11) is 2.52. The van der Waals surface area contributed by atoms with Crippen molar-refractivity contribution < 1.29 is 28.2 Å². The topological polar surface area (TPSA) is 107 Å². The molecule has 8 nitrogen and oxygen atoms in total. The maximum atomic E-state index is 13.3. The molecule has 0 aliphatic carbocycles. The standard InChI is InChI=1S/C20H26FN3O5S/c1-11(2)9-15(19(27)29-4)22-14(18(26)28-3)7-8-17(25)24-20-23-13-6-5-12(21)10-16(13)30-20/h5-6,10-11,14-15,22H,7-9H2,1-4H3,(H,23,24,25)/t14?,15-/m0/s1. The fraction of sp³-hybridized carbons (Fsp3) is 0.500. The molecule has 1 heterocycles. The Kier molecular flexibility index (Phi) is 8.67. The van der Waals surface area contributed by atoms with Crippen LogP contribution in [-0.4, -0.2) is 49.1 Å². The number of nitrogens with one attached hydrogen (secondary N) is 2. The second-order valence-electron chi connectivity index (χ2n) is 7.17. The molecule has 1 amide bonds. The lowest BCUT2D eigenvalue weighted by Crippen LogP contribution is -2.48. The lowest BCUT2D eigenvalue weighted by atomic mass is 10.0. The Hall–Kier alpha value is -2.59. The number of hydrogen-bond acceptors (Lipinski definition) is 8. The van der Waals surface area contributed by atoms with Crippen LogP contribution < -0.4 is 10.6 Å². The fourth-order valence-electron chi connectivity index (χ4n) is 2.91. The molecule has 2 aromatic rings. The summed E-state index contributed by atoms with van der Waals surface area (Å²) >= 11 is 1.16. The average Bonchev–Trinajstić information content (AvgIpc) is 3.09. The highest BCUT2D eigenvalue weighted by Gasteiger charge is 2.28. The predicted octanol–water partition coefficient (Wildman–Crippen LogP) is 2.87. The number of benzene rings is 1. The van der Waals surface area contributed by atoms with Crippen LogP contribution in [0.4, 0.5) is 9.52 Å². The largest absolute Gasteiger partial charge is 0.468 e. The third kappa shape index (κ3) is 6.74. The maximum absolute atomic E-state index is 13.3. The Balaban J connectivity index is 2.00. The molecule has 10 heteroatoms. The highest BCUT2D eigenvalue weighted by atomic mass is 32.1. The Morgan fingerprint density at radius 2 is 1.80 bits per heavy atom. The van der Waals surface area contributed by atoms with Crippen molar-refractivity contribution >= 4 is 44.5 Å². The number of thiazole rings is 1. The van der Waals surface area contributed by atoms with Gasteiger partial charge in [-0.25, -0.2) is 9.37 Å². The monoisotopic (exact) mass is 439 g/mol. The van der Waals surface area contributed by atoms with Crippen molar-refractivity contribution in [3.8, 4) is 0 Å². The number of rotatable bonds is 10. The lowest BCUT2D eigenvalue weighted by molar-refractivity contribution is -0.146. The molecule has 0 fully saturated rings. The van der Waals surface area contributed by atoms with Crippen LogP contribution in [-0.2, 0) is 23.9 Å². The van der Waals surface area contributed by atoms with Crippen LogP contribution >= 0.6 is 11.3 Å². The number of carbonyl (C=O) groups excluding carboxylic acids is 3. The number of halogens is 1. The van der Waals surface area contributed by atoms with Gasteiger partial charge >= 0.3 is 11.9 Å². The van der Waals surface area contributed by atoms with E-state index in [0.29, 0.717) is 21.8 Å². The molecule has 0 radical (unpaired) electrons. The van der Waals surface area contributed by atoms with Crippen molar-refractivity contribution in [2.75, 3.05) is 19.5 Å². The van der Waals surface area contributed by atoms with E-state index >= 15 is 0 Å². The van der Waals surface area contributed by atoms with Gasteiger partial charge in [0, 0.05) is 6.42 Å². The molecular weight excluding hydrogens is 413 g/mol. The van der Waals surface area contributed by atoms with Gasteiger partial charge in [0.1, 0.15) is 17.9 Å². The number of anilines is 1. The van der Waals surface area contributed by atoms with E-state index < -0.39 is 24.0 Å². The summed E-state index contributed by atoms with van der Waals surface area (Å²) in [6.07, 6.45) is 0.574. The van der Waals surface area contributed by atoms with Gasteiger partial charge in [-0.15, -0.1) is 0 Å². The van der Waals surface area contributed by atoms with Crippen LogP contribution in [0.3, 0.4) is 0 Å².